The summed E-state index contributed by atoms with van der Waals surface area (Å²) in [4.78, 5) is 27.3. The molecule has 0 bridgehead atoms. The molecule has 2 rings (SSSR count). The Kier molecular flexibility index (Phi) is 5.05. The molecule has 1 aliphatic heterocycles. The highest BCUT2D eigenvalue weighted by Crippen LogP contribution is 2.19. The fraction of sp³-hybridized carbons (Fsp3) is 0.667. The second kappa shape index (κ2) is 6.81. The van der Waals surface area contributed by atoms with Crippen LogP contribution in [0.2, 0.25) is 0 Å². The summed E-state index contributed by atoms with van der Waals surface area (Å²) in [5, 5.41) is 4.21. The van der Waals surface area contributed by atoms with E-state index in [1.807, 2.05) is 4.90 Å². The Bertz CT molecular complexity index is 553. The van der Waals surface area contributed by atoms with Gasteiger partial charge >= 0.3 is 0 Å². The zero-order valence-electron chi connectivity index (χ0n) is 13.7. The average molecular weight is 308 g/mol. The molecule has 1 aliphatic rings. The SMILES string of the molecule is C[C@H]1CCCN(C(=O)c2cc(OCC(=O)N(C)C)n(C)n2)C1. The number of piperidine rings is 1. The number of rotatable bonds is 4. The number of aryl methyl sites for hydroxylation is 1. The van der Waals surface area contributed by atoms with Gasteiger partial charge in [-0.1, -0.05) is 6.92 Å². The van der Waals surface area contributed by atoms with Crippen molar-refractivity contribution in [3.8, 4) is 5.88 Å². The minimum Gasteiger partial charge on any atom is -0.468 e. The Morgan fingerprint density at radius 2 is 2.18 bits per heavy atom. The van der Waals surface area contributed by atoms with Gasteiger partial charge in [-0.2, -0.15) is 5.10 Å². The number of nitrogens with zero attached hydrogens (tertiary/aromatic N) is 4. The van der Waals surface area contributed by atoms with Crippen LogP contribution < -0.4 is 4.74 Å². The maximum absolute atomic E-state index is 12.5. The van der Waals surface area contributed by atoms with Crippen LogP contribution >= 0.6 is 0 Å². The zero-order chi connectivity index (χ0) is 16.3. The Morgan fingerprint density at radius 3 is 2.82 bits per heavy atom. The van der Waals surface area contributed by atoms with E-state index in [9.17, 15) is 9.59 Å². The van der Waals surface area contributed by atoms with E-state index < -0.39 is 0 Å². The molecule has 7 nitrogen and oxygen atoms in total. The normalized spacial score (nSPS) is 18.2. The number of likely N-dealkylation sites (tertiary alicyclic amines) is 1. The van der Waals surface area contributed by atoms with E-state index in [0.717, 1.165) is 25.9 Å². The Labute approximate surface area is 130 Å². The minimum absolute atomic E-state index is 0.0685. The molecule has 0 aromatic carbocycles. The van der Waals surface area contributed by atoms with Crippen LogP contribution in [0.15, 0.2) is 6.07 Å². The predicted molar refractivity (Wildman–Crippen MR) is 81.7 cm³/mol. The van der Waals surface area contributed by atoms with E-state index in [4.69, 9.17) is 4.74 Å². The summed E-state index contributed by atoms with van der Waals surface area (Å²) in [6.45, 7) is 3.62. The molecule has 1 aromatic heterocycles. The fourth-order valence-electron chi connectivity index (χ4n) is 2.49. The Hall–Kier alpha value is -2.05. The highest BCUT2D eigenvalue weighted by atomic mass is 16.5. The third-order valence-corrected chi connectivity index (χ3v) is 3.84. The van der Waals surface area contributed by atoms with Crippen LogP contribution in [0, 0.1) is 5.92 Å². The first-order valence-electron chi connectivity index (χ1n) is 7.54. The van der Waals surface area contributed by atoms with Crippen molar-refractivity contribution in [2.75, 3.05) is 33.8 Å². The maximum Gasteiger partial charge on any atom is 0.274 e. The third kappa shape index (κ3) is 3.78. The first-order chi connectivity index (χ1) is 10.4. The molecule has 1 atom stereocenters. The molecule has 2 heterocycles. The van der Waals surface area contributed by atoms with Gasteiger partial charge in [-0.15, -0.1) is 0 Å². The van der Waals surface area contributed by atoms with Crippen molar-refractivity contribution in [2.24, 2.45) is 13.0 Å². The molecule has 7 heteroatoms. The second-order valence-corrected chi connectivity index (χ2v) is 6.07. The third-order valence-electron chi connectivity index (χ3n) is 3.84. The van der Waals surface area contributed by atoms with E-state index in [1.165, 1.54) is 9.58 Å². The molecule has 22 heavy (non-hydrogen) atoms. The van der Waals surface area contributed by atoms with Crippen molar-refractivity contribution in [3.05, 3.63) is 11.8 Å². The van der Waals surface area contributed by atoms with Gasteiger partial charge in [-0.3, -0.25) is 9.59 Å². The highest BCUT2D eigenvalue weighted by Gasteiger charge is 2.24. The molecule has 0 spiro atoms. The second-order valence-electron chi connectivity index (χ2n) is 6.07. The topological polar surface area (TPSA) is 67.7 Å². The van der Waals surface area contributed by atoms with Crippen molar-refractivity contribution < 1.29 is 14.3 Å². The number of ether oxygens (including phenoxy) is 1. The van der Waals surface area contributed by atoms with Crippen LogP contribution in [0.5, 0.6) is 5.88 Å². The van der Waals surface area contributed by atoms with Gasteiger partial charge in [0.25, 0.3) is 11.8 Å². The largest absolute Gasteiger partial charge is 0.468 e. The fourth-order valence-corrected chi connectivity index (χ4v) is 2.49. The number of hydrogen-bond donors (Lipinski definition) is 0. The van der Waals surface area contributed by atoms with E-state index in [1.54, 1.807) is 27.2 Å². The number of aromatic nitrogens is 2. The quantitative estimate of drug-likeness (QED) is 0.823. The van der Waals surface area contributed by atoms with Crippen molar-refractivity contribution in [3.63, 3.8) is 0 Å². The molecule has 0 radical (unpaired) electrons. The van der Waals surface area contributed by atoms with Gasteiger partial charge in [-0.05, 0) is 18.8 Å². The van der Waals surface area contributed by atoms with Crippen LogP contribution in [0.25, 0.3) is 0 Å². The maximum atomic E-state index is 12.5. The van der Waals surface area contributed by atoms with E-state index in [2.05, 4.69) is 12.0 Å². The highest BCUT2D eigenvalue weighted by molar-refractivity contribution is 5.92. The monoisotopic (exact) mass is 308 g/mol. The van der Waals surface area contributed by atoms with Gasteiger partial charge in [0.05, 0.1) is 0 Å². The van der Waals surface area contributed by atoms with Crippen molar-refractivity contribution in [1.29, 1.82) is 0 Å². The van der Waals surface area contributed by atoms with Crippen molar-refractivity contribution >= 4 is 11.8 Å². The first-order valence-corrected chi connectivity index (χ1v) is 7.54. The smallest absolute Gasteiger partial charge is 0.274 e. The van der Waals surface area contributed by atoms with Crippen LogP contribution in [0.4, 0.5) is 0 Å². The lowest BCUT2D eigenvalue weighted by molar-refractivity contribution is -0.130. The van der Waals surface area contributed by atoms with Crippen LogP contribution in [0.3, 0.4) is 0 Å². The summed E-state index contributed by atoms with van der Waals surface area (Å²) in [7, 11) is 5.04. The van der Waals surface area contributed by atoms with Crippen molar-refractivity contribution in [1.82, 2.24) is 19.6 Å². The molecule has 0 N–H and O–H groups in total. The van der Waals surface area contributed by atoms with Gasteiger partial charge in [0.15, 0.2) is 12.3 Å². The van der Waals surface area contributed by atoms with Gasteiger partial charge in [0, 0.05) is 40.3 Å². The summed E-state index contributed by atoms with van der Waals surface area (Å²) in [6, 6.07) is 1.60. The summed E-state index contributed by atoms with van der Waals surface area (Å²) < 4.78 is 6.93. The molecule has 0 aliphatic carbocycles. The minimum atomic E-state index is -0.140. The van der Waals surface area contributed by atoms with Crippen molar-refractivity contribution in [2.45, 2.75) is 19.8 Å². The molecular weight excluding hydrogens is 284 g/mol. The lowest BCUT2D eigenvalue weighted by atomic mass is 10.0. The molecule has 1 aromatic rings. The van der Waals surface area contributed by atoms with E-state index >= 15 is 0 Å². The summed E-state index contributed by atoms with van der Waals surface area (Å²) in [5.41, 5.74) is 0.365. The number of likely N-dealkylation sites (N-methyl/N-ethyl adjacent to an activating group) is 1. The number of carbonyl (C=O) groups is 2. The summed E-state index contributed by atoms with van der Waals surface area (Å²) in [6.07, 6.45) is 2.19. The van der Waals surface area contributed by atoms with Crippen LogP contribution in [-0.2, 0) is 11.8 Å². The molecule has 2 amide bonds. The lowest BCUT2D eigenvalue weighted by Crippen LogP contribution is -2.39. The van der Waals surface area contributed by atoms with E-state index in [-0.39, 0.29) is 18.4 Å². The molecule has 1 saturated heterocycles. The predicted octanol–water partition coefficient (Wildman–Crippen LogP) is 0.759. The summed E-state index contributed by atoms with van der Waals surface area (Å²) in [5.74, 6) is 0.730. The molecule has 0 saturated carbocycles. The molecular formula is C15H24N4O3. The van der Waals surface area contributed by atoms with Gasteiger partial charge in [0.2, 0.25) is 5.88 Å². The number of hydrogen-bond acceptors (Lipinski definition) is 4. The van der Waals surface area contributed by atoms with Crippen LogP contribution in [-0.4, -0.2) is 65.2 Å². The Balaban J connectivity index is 2.02. The van der Waals surface area contributed by atoms with Gasteiger partial charge in [0.1, 0.15) is 0 Å². The number of carbonyl (C=O) groups excluding carboxylic acids is 2. The first kappa shape index (κ1) is 16.3. The standard InChI is InChI=1S/C15H24N4O3/c1-11-6-5-7-19(9-11)15(21)12-8-14(18(4)16-12)22-10-13(20)17(2)3/h8,11H,5-7,9-10H2,1-4H3/t11-/m0/s1. The average Bonchev–Trinajstić information content (AvgIpc) is 2.85. The van der Waals surface area contributed by atoms with E-state index in [0.29, 0.717) is 17.5 Å². The van der Waals surface area contributed by atoms with Gasteiger partial charge < -0.3 is 14.5 Å². The molecule has 0 unspecified atom stereocenters. The summed E-state index contributed by atoms with van der Waals surface area (Å²) >= 11 is 0. The molecule has 122 valence electrons. The Morgan fingerprint density at radius 1 is 1.45 bits per heavy atom. The zero-order valence-corrected chi connectivity index (χ0v) is 13.7. The van der Waals surface area contributed by atoms with Gasteiger partial charge in [-0.25, -0.2) is 4.68 Å². The van der Waals surface area contributed by atoms with Crippen LogP contribution in [0.1, 0.15) is 30.3 Å². The number of amides is 2. The molecule has 1 fully saturated rings. The lowest BCUT2D eigenvalue weighted by Gasteiger charge is -2.30.